The van der Waals surface area contributed by atoms with Crippen LogP contribution in [0.5, 0.6) is 0 Å². The molecule has 1 rings (SSSR count). The average Bonchev–Trinajstić information content (AvgIpc) is 2.21. The van der Waals surface area contributed by atoms with E-state index >= 15 is 0 Å². The molecule has 0 unspecified atom stereocenters. The van der Waals surface area contributed by atoms with Gasteiger partial charge in [-0.3, -0.25) is 0 Å². The summed E-state index contributed by atoms with van der Waals surface area (Å²) in [5.41, 5.74) is -0.562. The van der Waals surface area contributed by atoms with E-state index in [1.54, 1.807) is 13.8 Å². The van der Waals surface area contributed by atoms with E-state index in [4.69, 9.17) is 16.3 Å². The van der Waals surface area contributed by atoms with Crippen molar-refractivity contribution >= 4 is 17.6 Å². The molecule has 0 aromatic carbocycles. The lowest BCUT2D eigenvalue weighted by Gasteiger charge is -2.22. The number of carbonyl (C=O) groups excluding carboxylic acids is 1. The smallest absolute Gasteiger partial charge is 0.357 e. The number of pyridine rings is 1. The Balaban J connectivity index is 2.85. The van der Waals surface area contributed by atoms with Crippen LogP contribution in [-0.2, 0) is 4.74 Å². The van der Waals surface area contributed by atoms with Crippen LogP contribution in [0.15, 0.2) is 12.1 Å². The third-order valence-electron chi connectivity index (χ3n) is 2.23. The van der Waals surface area contributed by atoms with Gasteiger partial charge < -0.3 is 4.74 Å². The zero-order valence-corrected chi connectivity index (χ0v) is 10.1. The van der Waals surface area contributed by atoms with E-state index in [2.05, 4.69) is 4.98 Å². The van der Waals surface area contributed by atoms with E-state index in [1.165, 1.54) is 6.07 Å². The fourth-order valence-electron chi connectivity index (χ4n) is 0.906. The molecule has 16 heavy (non-hydrogen) atoms. The second kappa shape index (κ2) is 4.78. The molecule has 1 aromatic rings. The molecule has 0 saturated heterocycles. The second-order valence-corrected chi connectivity index (χ2v) is 4.33. The van der Waals surface area contributed by atoms with E-state index in [0.717, 1.165) is 6.07 Å². The second-order valence-electron chi connectivity index (χ2n) is 3.97. The lowest BCUT2D eigenvalue weighted by atomic mass is 10.1. The predicted molar refractivity (Wildman–Crippen MR) is 59.0 cm³/mol. The van der Waals surface area contributed by atoms with E-state index < -0.39 is 17.4 Å². The van der Waals surface area contributed by atoms with Crippen molar-refractivity contribution in [3.8, 4) is 0 Å². The Bertz CT molecular complexity index is 407. The maximum Gasteiger partial charge on any atom is 0.357 e. The minimum absolute atomic E-state index is 0.00734. The molecule has 1 heterocycles. The molecule has 0 radical (unpaired) electrons. The zero-order chi connectivity index (χ0) is 12.3. The molecule has 0 aliphatic rings. The summed E-state index contributed by atoms with van der Waals surface area (Å²) in [5, 5.41) is -0.330. The largest absolute Gasteiger partial charge is 0.455 e. The Labute approximate surface area is 98.6 Å². The first kappa shape index (κ1) is 12.9. The summed E-state index contributed by atoms with van der Waals surface area (Å²) >= 11 is 5.47. The van der Waals surface area contributed by atoms with Crippen LogP contribution in [0.4, 0.5) is 4.39 Å². The third kappa shape index (κ3) is 3.17. The molecule has 0 N–H and O–H groups in total. The lowest BCUT2D eigenvalue weighted by molar-refractivity contribution is -0.00308. The van der Waals surface area contributed by atoms with Crippen molar-refractivity contribution in [2.75, 3.05) is 0 Å². The van der Waals surface area contributed by atoms with Gasteiger partial charge in [-0.2, -0.15) is 0 Å². The normalized spacial score (nSPS) is 11.3. The van der Waals surface area contributed by atoms with Gasteiger partial charge in [0.15, 0.2) is 11.0 Å². The van der Waals surface area contributed by atoms with Crippen LogP contribution in [0, 0.1) is 5.82 Å². The number of rotatable bonds is 3. The Morgan fingerprint density at radius 2 is 2.19 bits per heavy atom. The van der Waals surface area contributed by atoms with Gasteiger partial charge in [-0.05, 0) is 32.4 Å². The van der Waals surface area contributed by atoms with Gasteiger partial charge in [0.2, 0.25) is 0 Å². The highest BCUT2D eigenvalue weighted by Gasteiger charge is 2.22. The SMILES string of the molecule is CCC(C)(C)OC(=O)c1ccc(F)c(Cl)n1. The Morgan fingerprint density at radius 3 is 2.69 bits per heavy atom. The first-order valence-electron chi connectivity index (χ1n) is 4.91. The molecule has 0 spiro atoms. The highest BCUT2D eigenvalue weighted by molar-refractivity contribution is 6.29. The number of carbonyl (C=O) groups is 1. The lowest BCUT2D eigenvalue weighted by Crippen LogP contribution is -2.27. The molecular formula is C11H13ClFNO2. The highest BCUT2D eigenvalue weighted by atomic mass is 35.5. The molecule has 3 nitrogen and oxygen atoms in total. The van der Waals surface area contributed by atoms with E-state index in [0.29, 0.717) is 6.42 Å². The van der Waals surface area contributed by atoms with Gasteiger partial charge in [-0.15, -0.1) is 0 Å². The van der Waals surface area contributed by atoms with E-state index in [-0.39, 0.29) is 10.8 Å². The fourth-order valence-corrected chi connectivity index (χ4v) is 1.06. The van der Waals surface area contributed by atoms with Crippen molar-refractivity contribution in [2.24, 2.45) is 0 Å². The first-order valence-corrected chi connectivity index (χ1v) is 5.29. The minimum Gasteiger partial charge on any atom is -0.455 e. The van der Waals surface area contributed by atoms with E-state index in [9.17, 15) is 9.18 Å². The van der Waals surface area contributed by atoms with Gasteiger partial charge in [0, 0.05) is 0 Å². The summed E-state index contributed by atoms with van der Waals surface area (Å²) in [4.78, 5) is 15.2. The number of aromatic nitrogens is 1. The third-order valence-corrected chi connectivity index (χ3v) is 2.50. The molecule has 1 aromatic heterocycles. The van der Waals surface area contributed by atoms with Gasteiger partial charge in [0.25, 0.3) is 0 Å². The van der Waals surface area contributed by atoms with Crippen LogP contribution in [0.3, 0.4) is 0 Å². The molecule has 0 bridgehead atoms. The van der Waals surface area contributed by atoms with Crippen molar-refractivity contribution in [1.82, 2.24) is 4.98 Å². The molecule has 88 valence electrons. The standard InChI is InChI=1S/C11H13ClFNO2/c1-4-11(2,3)16-10(15)8-6-5-7(13)9(12)14-8/h5-6H,4H2,1-3H3. The molecule has 5 heteroatoms. The van der Waals surface area contributed by atoms with Crippen molar-refractivity contribution < 1.29 is 13.9 Å². The van der Waals surface area contributed by atoms with Crippen LogP contribution in [-0.4, -0.2) is 16.6 Å². The van der Waals surface area contributed by atoms with Crippen LogP contribution >= 0.6 is 11.6 Å². The number of hydrogen-bond acceptors (Lipinski definition) is 3. The summed E-state index contributed by atoms with van der Waals surface area (Å²) in [5.74, 6) is -1.26. The molecular weight excluding hydrogens is 233 g/mol. The molecule has 0 saturated carbocycles. The molecule has 0 fully saturated rings. The van der Waals surface area contributed by atoms with Gasteiger partial charge in [0.1, 0.15) is 11.3 Å². The zero-order valence-electron chi connectivity index (χ0n) is 9.38. The molecule has 0 atom stereocenters. The number of ether oxygens (including phenoxy) is 1. The van der Waals surface area contributed by atoms with Crippen molar-refractivity contribution in [2.45, 2.75) is 32.8 Å². The highest BCUT2D eigenvalue weighted by Crippen LogP contribution is 2.17. The number of hydrogen-bond donors (Lipinski definition) is 0. The predicted octanol–water partition coefficient (Wildman–Crippen LogP) is 3.22. The first-order chi connectivity index (χ1) is 7.35. The Kier molecular flexibility index (Phi) is 3.86. The molecule has 0 amide bonds. The maximum absolute atomic E-state index is 12.8. The van der Waals surface area contributed by atoms with Gasteiger partial charge in [-0.1, -0.05) is 18.5 Å². The van der Waals surface area contributed by atoms with Crippen molar-refractivity contribution in [3.05, 3.63) is 28.8 Å². The van der Waals surface area contributed by atoms with E-state index in [1.807, 2.05) is 6.92 Å². The van der Waals surface area contributed by atoms with Crippen molar-refractivity contribution in [1.29, 1.82) is 0 Å². The van der Waals surface area contributed by atoms with Gasteiger partial charge in [0.05, 0.1) is 0 Å². The Hall–Kier alpha value is -1.16. The van der Waals surface area contributed by atoms with Crippen molar-refractivity contribution in [3.63, 3.8) is 0 Å². The number of halogens is 2. The van der Waals surface area contributed by atoms with Crippen LogP contribution in [0.25, 0.3) is 0 Å². The number of nitrogens with zero attached hydrogens (tertiary/aromatic N) is 1. The topological polar surface area (TPSA) is 39.2 Å². The fraction of sp³-hybridized carbons (Fsp3) is 0.455. The minimum atomic E-state index is -0.659. The molecule has 0 aliphatic heterocycles. The van der Waals surface area contributed by atoms with Crippen LogP contribution in [0.2, 0.25) is 5.15 Å². The quantitative estimate of drug-likeness (QED) is 0.606. The monoisotopic (exact) mass is 245 g/mol. The van der Waals surface area contributed by atoms with Crippen LogP contribution in [0.1, 0.15) is 37.7 Å². The summed E-state index contributed by atoms with van der Waals surface area (Å²) in [6.45, 7) is 5.48. The summed E-state index contributed by atoms with van der Waals surface area (Å²) in [7, 11) is 0. The molecule has 0 aliphatic carbocycles. The van der Waals surface area contributed by atoms with Crippen LogP contribution < -0.4 is 0 Å². The van der Waals surface area contributed by atoms with Gasteiger partial charge in [-0.25, -0.2) is 14.2 Å². The summed E-state index contributed by atoms with van der Waals surface area (Å²) in [6.07, 6.45) is 0.674. The summed E-state index contributed by atoms with van der Waals surface area (Å²) < 4.78 is 18.0. The number of esters is 1. The average molecular weight is 246 g/mol. The van der Waals surface area contributed by atoms with Gasteiger partial charge >= 0.3 is 5.97 Å². The maximum atomic E-state index is 12.8. The summed E-state index contributed by atoms with van der Waals surface area (Å²) in [6, 6.07) is 2.33. The Morgan fingerprint density at radius 1 is 1.56 bits per heavy atom.